The SMILES string of the molecule is CC(C)(C)[C@H](c1cc(-c2cc(F)ccc2F)cn1Cc1ccccc1)N(CC[C@H](N)C(=O)NCCCC(=O)CCN1C(=O)C=CC1=O)C(=O)CO. The molecule has 13 heteroatoms. The average Bonchev–Trinajstić information content (AvgIpc) is 3.64. The number of aromatic nitrogens is 1. The first-order chi connectivity index (χ1) is 24.2. The predicted octanol–water partition coefficient (Wildman–Crippen LogP) is 3.89. The first kappa shape index (κ1) is 38.8. The van der Waals surface area contributed by atoms with Gasteiger partial charge < -0.3 is 25.6 Å². The lowest BCUT2D eigenvalue weighted by atomic mass is 9.82. The molecule has 4 amide bonds. The van der Waals surface area contributed by atoms with Gasteiger partial charge in [-0.3, -0.25) is 28.9 Å². The highest BCUT2D eigenvalue weighted by molar-refractivity contribution is 6.13. The second-order valence-corrected chi connectivity index (χ2v) is 13.6. The highest BCUT2D eigenvalue weighted by Gasteiger charge is 2.37. The van der Waals surface area contributed by atoms with E-state index in [4.69, 9.17) is 5.73 Å². The first-order valence-corrected chi connectivity index (χ1v) is 16.9. The molecule has 1 aliphatic heterocycles. The molecular weight excluding hydrogens is 660 g/mol. The number of ketones is 1. The number of nitrogens with zero attached hydrogens (tertiary/aromatic N) is 3. The second-order valence-electron chi connectivity index (χ2n) is 13.6. The van der Waals surface area contributed by atoms with Gasteiger partial charge in [0.1, 0.15) is 24.0 Å². The molecule has 0 aliphatic carbocycles. The lowest BCUT2D eigenvalue weighted by Crippen LogP contribution is -2.47. The molecule has 2 heterocycles. The summed E-state index contributed by atoms with van der Waals surface area (Å²) in [6, 6.07) is 12.8. The fourth-order valence-corrected chi connectivity index (χ4v) is 6.15. The summed E-state index contributed by atoms with van der Waals surface area (Å²) < 4.78 is 31.1. The van der Waals surface area contributed by atoms with Crippen LogP contribution in [0.15, 0.2) is 72.9 Å². The van der Waals surface area contributed by atoms with Crippen LogP contribution in [0.3, 0.4) is 0 Å². The normalized spacial score (nSPS) is 14.1. The Kier molecular flexibility index (Phi) is 13.1. The van der Waals surface area contributed by atoms with Gasteiger partial charge in [-0.15, -0.1) is 0 Å². The average molecular weight is 706 g/mol. The van der Waals surface area contributed by atoms with Gasteiger partial charge in [0.05, 0.1) is 12.1 Å². The molecule has 0 bridgehead atoms. The molecule has 0 saturated heterocycles. The van der Waals surface area contributed by atoms with Crippen LogP contribution in [0.5, 0.6) is 0 Å². The van der Waals surface area contributed by atoms with Gasteiger partial charge in [-0.2, -0.15) is 0 Å². The van der Waals surface area contributed by atoms with Crippen molar-refractivity contribution < 1.29 is 37.9 Å². The van der Waals surface area contributed by atoms with Gasteiger partial charge in [-0.1, -0.05) is 51.1 Å². The van der Waals surface area contributed by atoms with Crippen molar-refractivity contribution in [1.29, 1.82) is 0 Å². The van der Waals surface area contributed by atoms with Crippen molar-refractivity contribution in [1.82, 2.24) is 19.7 Å². The fraction of sp³-hybridized carbons (Fsp3) is 0.395. The number of hydrogen-bond acceptors (Lipinski definition) is 7. The van der Waals surface area contributed by atoms with E-state index in [1.54, 1.807) is 12.3 Å². The number of nitrogens with two attached hydrogens (primary N) is 1. The number of carbonyl (C=O) groups is 5. The van der Waals surface area contributed by atoms with Crippen LogP contribution in [0.4, 0.5) is 8.78 Å². The lowest BCUT2D eigenvalue weighted by molar-refractivity contribution is -0.140. The molecular formula is C38H45F2N5O6. The molecule has 0 unspecified atom stereocenters. The van der Waals surface area contributed by atoms with E-state index in [1.807, 2.05) is 55.7 Å². The predicted molar refractivity (Wildman–Crippen MR) is 187 cm³/mol. The minimum atomic E-state index is -1.02. The van der Waals surface area contributed by atoms with Crippen LogP contribution in [-0.4, -0.2) is 81.2 Å². The number of halogens is 2. The number of rotatable bonds is 17. The molecule has 0 radical (unpaired) electrons. The second kappa shape index (κ2) is 17.3. The number of imide groups is 1. The summed E-state index contributed by atoms with van der Waals surface area (Å²) in [6.07, 6.45) is 4.55. The van der Waals surface area contributed by atoms with Crippen LogP contribution in [-0.2, 0) is 30.5 Å². The van der Waals surface area contributed by atoms with Crippen molar-refractivity contribution in [3.8, 4) is 11.1 Å². The summed E-state index contributed by atoms with van der Waals surface area (Å²) in [5, 5.41) is 12.8. The fourth-order valence-electron chi connectivity index (χ4n) is 6.15. The maximum absolute atomic E-state index is 15.0. The minimum absolute atomic E-state index is 0.000655. The zero-order valence-corrected chi connectivity index (χ0v) is 29.1. The van der Waals surface area contributed by atoms with Crippen molar-refractivity contribution >= 4 is 29.4 Å². The Morgan fingerprint density at radius 3 is 2.31 bits per heavy atom. The Morgan fingerprint density at radius 2 is 1.67 bits per heavy atom. The number of Topliss-reactive ketones (excluding diaryl/α,β-unsaturated/α-hetero) is 1. The molecule has 272 valence electrons. The topological polar surface area (TPSA) is 155 Å². The molecule has 0 spiro atoms. The number of aliphatic hydroxyl groups is 1. The van der Waals surface area contributed by atoms with Crippen LogP contribution >= 0.6 is 0 Å². The van der Waals surface area contributed by atoms with Gasteiger partial charge in [0, 0.05) is 74.2 Å². The molecule has 1 aliphatic rings. The van der Waals surface area contributed by atoms with Crippen LogP contribution in [0, 0.1) is 17.0 Å². The van der Waals surface area contributed by atoms with E-state index in [0.717, 1.165) is 40.8 Å². The molecule has 0 saturated carbocycles. The van der Waals surface area contributed by atoms with Gasteiger partial charge in [0.2, 0.25) is 11.8 Å². The van der Waals surface area contributed by atoms with E-state index in [1.165, 1.54) is 4.90 Å². The summed E-state index contributed by atoms with van der Waals surface area (Å²) in [6.45, 7) is 5.48. The van der Waals surface area contributed by atoms with Crippen LogP contribution in [0.2, 0.25) is 0 Å². The molecule has 1 aromatic heterocycles. The van der Waals surface area contributed by atoms with Crippen molar-refractivity contribution in [2.24, 2.45) is 11.1 Å². The maximum Gasteiger partial charge on any atom is 0.253 e. The third-order valence-electron chi connectivity index (χ3n) is 8.70. The minimum Gasteiger partial charge on any atom is -0.387 e. The van der Waals surface area contributed by atoms with Crippen molar-refractivity contribution in [3.63, 3.8) is 0 Å². The zero-order chi connectivity index (χ0) is 37.3. The molecule has 51 heavy (non-hydrogen) atoms. The Hall–Kier alpha value is -5.01. The Labute approximate surface area is 296 Å². The summed E-state index contributed by atoms with van der Waals surface area (Å²) in [7, 11) is 0. The molecule has 2 aromatic carbocycles. The van der Waals surface area contributed by atoms with Gasteiger partial charge in [0.25, 0.3) is 11.8 Å². The van der Waals surface area contributed by atoms with Crippen LogP contribution < -0.4 is 11.1 Å². The van der Waals surface area contributed by atoms with Crippen molar-refractivity contribution in [2.75, 3.05) is 26.2 Å². The van der Waals surface area contributed by atoms with Gasteiger partial charge >= 0.3 is 0 Å². The van der Waals surface area contributed by atoms with Crippen LogP contribution in [0.1, 0.15) is 63.8 Å². The Bertz CT molecular complexity index is 1750. The van der Waals surface area contributed by atoms with Gasteiger partial charge in [-0.25, -0.2) is 8.78 Å². The van der Waals surface area contributed by atoms with E-state index in [2.05, 4.69) is 5.32 Å². The number of nitrogens with one attached hydrogen (secondary N) is 1. The monoisotopic (exact) mass is 705 g/mol. The first-order valence-electron chi connectivity index (χ1n) is 16.9. The summed E-state index contributed by atoms with van der Waals surface area (Å²) in [5.74, 6) is -3.35. The molecule has 3 aromatic rings. The van der Waals surface area contributed by atoms with E-state index in [9.17, 15) is 37.9 Å². The molecule has 4 N–H and O–H groups in total. The number of carbonyl (C=O) groups excluding carboxylic acids is 5. The third kappa shape index (κ3) is 10.3. The largest absolute Gasteiger partial charge is 0.387 e. The maximum atomic E-state index is 15.0. The standard InChI is InChI=1S/C38H45F2N5O6/c1-38(2,3)36(32-20-26(29-21-27(39)11-12-30(29)40)23-43(32)22-25-8-5-4-6-9-25)45(35(50)24-46)19-16-31(41)37(51)42-17-7-10-28(47)15-18-44-33(48)13-14-34(44)49/h4-6,8-9,11-14,20-21,23,31,36,46H,7,10,15-19,22,24,41H2,1-3H3,(H,42,51)/t31-,36-/m0/s1. The van der Waals surface area contributed by atoms with E-state index in [0.29, 0.717) is 24.2 Å². The van der Waals surface area contributed by atoms with Gasteiger partial charge in [0.15, 0.2) is 0 Å². The number of aliphatic hydroxyl groups excluding tert-OH is 1. The van der Waals surface area contributed by atoms with Gasteiger partial charge in [-0.05, 0) is 48.1 Å². The zero-order valence-electron chi connectivity index (χ0n) is 29.1. The molecule has 11 nitrogen and oxygen atoms in total. The van der Waals surface area contributed by atoms with E-state index in [-0.39, 0.29) is 50.2 Å². The lowest BCUT2D eigenvalue weighted by Gasteiger charge is -2.41. The van der Waals surface area contributed by atoms with Crippen molar-refractivity contribution in [2.45, 2.75) is 65.1 Å². The number of hydrogen-bond donors (Lipinski definition) is 3. The molecule has 4 rings (SSSR count). The Morgan fingerprint density at radius 1 is 0.980 bits per heavy atom. The van der Waals surface area contributed by atoms with Crippen molar-refractivity contribution in [3.05, 3.63) is 95.8 Å². The highest BCUT2D eigenvalue weighted by atomic mass is 19.1. The third-order valence-corrected chi connectivity index (χ3v) is 8.70. The number of amides is 4. The summed E-state index contributed by atoms with van der Waals surface area (Å²) in [5.41, 5.74) is 7.63. The van der Waals surface area contributed by atoms with Crippen LogP contribution in [0.25, 0.3) is 11.1 Å². The Balaban J connectivity index is 1.47. The molecule has 2 atom stereocenters. The van der Waals surface area contributed by atoms with E-state index >= 15 is 0 Å². The quantitative estimate of drug-likeness (QED) is 0.142. The molecule has 0 fully saturated rings. The summed E-state index contributed by atoms with van der Waals surface area (Å²) >= 11 is 0. The van der Waals surface area contributed by atoms with E-state index < -0.39 is 59.4 Å². The smallest absolute Gasteiger partial charge is 0.253 e. The highest BCUT2D eigenvalue weighted by Crippen LogP contribution is 2.41. The summed E-state index contributed by atoms with van der Waals surface area (Å²) in [4.78, 5) is 64.3. The number of benzene rings is 2.